The maximum atomic E-state index is 12.3. The van der Waals surface area contributed by atoms with Crippen LogP contribution < -0.4 is 5.32 Å². The molecule has 1 N–H and O–H groups in total. The number of carbonyl (C=O) groups is 1. The van der Waals surface area contributed by atoms with Gasteiger partial charge >= 0.3 is 0 Å². The SMILES string of the molecule is CC(C)NCC1CCCN(C(=O)CCc2ccccn2)C1. The second-order valence-corrected chi connectivity index (χ2v) is 6.23. The van der Waals surface area contributed by atoms with E-state index < -0.39 is 0 Å². The fourth-order valence-electron chi connectivity index (χ4n) is 2.80. The summed E-state index contributed by atoms with van der Waals surface area (Å²) < 4.78 is 0. The van der Waals surface area contributed by atoms with E-state index >= 15 is 0 Å². The summed E-state index contributed by atoms with van der Waals surface area (Å²) in [5.41, 5.74) is 1.00. The Balaban J connectivity index is 1.76. The monoisotopic (exact) mass is 289 g/mol. The molecule has 1 amide bonds. The van der Waals surface area contributed by atoms with Crippen LogP contribution in [-0.2, 0) is 11.2 Å². The Morgan fingerprint density at radius 2 is 2.33 bits per heavy atom. The highest BCUT2D eigenvalue weighted by atomic mass is 16.2. The molecule has 1 unspecified atom stereocenters. The van der Waals surface area contributed by atoms with Gasteiger partial charge < -0.3 is 10.2 Å². The van der Waals surface area contributed by atoms with E-state index in [-0.39, 0.29) is 5.91 Å². The van der Waals surface area contributed by atoms with Gasteiger partial charge in [0.05, 0.1) is 0 Å². The van der Waals surface area contributed by atoms with E-state index in [0.717, 1.165) is 38.2 Å². The maximum absolute atomic E-state index is 12.3. The number of likely N-dealkylation sites (tertiary alicyclic amines) is 1. The molecule has 1 aliphatic rings. The first-order chi connectivity index (χ1) is 10.1. The minimum absolute atomic E-state index is 0.273. The van der Waals surface area contributed by atoms with Crippen LogP contribution in [0.5, 0.6) is 0 Å². The minimum atomic E-state index is 0.273. The predicted molar refractivity (Wildman–Crippen MR) is 85.0 cm³/mol. The molecule has 21 heavy (non-hydrogen) atoms. The van der Waals surface area contributed by atoms with Crippen LogP contribution in [0.25, 0.3) is 0 Å². The maximum Gasteiger partial charge on any atom is 0.222 e. The summed E-state index contributed by atoms with van der Waals surface area (Å²) in [6.07, 6.45) is 5.45. The van der Waals surface area contributed by atoms with E-state index in [1.54, 1.807) is 6.20 Å². The van der Waals surface area contributed by atoms with Crippen molar-refractivity contribution in [2.24, 2.45) is 5.92 Å². The molecule has 1 aromatic rings. The molecule has 0 spiro atoms. The Labute approximate surface area is 127 Å². The highest BCUT2D eigenvalue weighted by Crippen LogP contribution is 2.17. The second-order valence-electron chi connectivity index (χ2n) is 6.23. The van der Waals surface area contributed by atoms with Crippen molar-refractivity contribution in [1.82, 2.24) is 15.2 Å². The largest absolute Gasteiger partial charge is 0.342 e. The molecule has 1 atom stereocenters. The third kappa shape index (κ3) is 5.46. The van der Waals surface area contributed by atoms with Gasteiger partial charge in [0.25, 0.3) is 0 Å². The van der Waals surface area contributed by atoms with Gasteiger partial charge in [-0.1, -0.05) is 19.9 Å². The fraction of sp³-hybridized carbons (Fsp3) is 0.647. The predicted octanol–water partition coefficient (Wildman–Crippen LogP) is 2.25. The summed E-state index contributed by atoms with van der Waals surface area (Å²) in [4.78, 5) is 18.7. The van der Waals surface area contributed by atoms with Crippen LogP contribution in [0.1, 0.15) is 38.8 Å². The highest BCUT2D eigenvalue weighted by Gasteiger charge is 2.23. The molecule has 1 fully saturated rings. The number of pyridine rings is 1. The molecular formula is C17H27N3O. The van der Waals surface area contributed by atoms with Crippen molar-refractivity contribution in [3.8, 4) is 0 Å². The summed E-state index contributed by atoms with van der Waals surface area (Å²) in [6, 6.07) is 6.38. The number of hydrogen-bond donors (Lipinski definition) is 1. The smallest absolute Gasteiger partial charge is 0.222 e. The van der Waals surface area contributed by atoms with Gasteiger partial charge in [-0.2, -0.15) is 0 Å². The summed E-state index contributed by atoms with van der Waals surface area (Å²) in [5, 5.41) is 3.48. The number of rotatable bonds is 6. The van der Waals surface area contributed by atoms with Crippen molar-refractivity contribution in [3.05, 3.63) is 30.1 Å². The molecule has 2 rings (SSSR count). The Kier molecular flexibility index (Phi) is 6.18. The first kappa shape index (κ1) is 16.0. The van der Waals surface area contributed by atoms with E-state index in [9.17, 15) is 4.79 Å². The zero-order valence-electron chi connectivity index (χ0n) is 13.2. The highest BCUT2D eigenvalue weighted by molar-refractivity contribution is 5.76. The Morgan fingerprint density at radius 1 is 1.48 bits per heavy atom. The zero-order valence-corrected chi connectivity index (χ0v) is 13.2. The molecule has 0 bridgehead atoms. The first-order valence-electron chi connectivity index (χ1n) is 8.06. The van der Waals surface area contributed by atoms with Crippen molar-refractivity contribution < 1.29 is 4.79 Å². The van der Waals surface area contributed by atoms with Crippen molar-refractivity contribution in [3.63, 3.8) is 0 Å². The van der Waals surface area contributed by atoms with Gasteiger partial charge in [0.1, 0.15) is 0 Å². The number of carbonyl (C=O) groups excluding carboxylic acids is 1. The van der Waals surface area contributed by atoms with E-state index in [1.165, 1.54) is 6.42 Å². The summed E-state index contributed by atoms with van der Waals surface area (Å²) >= 11 is 0. The van der Waals surface area contributed by atoms with Crippen molar-refractivity contribution in [2.45, 2.75) is 45.6 Å². The quantitative estimate of drug-likeness (QED) is 0.873. The summed E-state index contributed by atoms with van der Waals surface area (Å²) in [6.45, 7) is 7.17. The van der Waals surface area contributed by atoms with Gasteiger partial charge in [-0.3, -0.25) is 9.78 Å². The number of amides is 1. The van der Waals surface area contributed by atoms with Crippen molar-refractivity contribution >= 4 is 5.91 Å². The average Bonchev–Trinajstić information content (AvgIpc) is 2.52. The lowest BCUT2D eigenvalue weighted by Gasteiger charge is -2.33. The normalized spacial score (nSPS) is 19.0. The molecule has 116 valence electrons. The van der Waals surface area contributed by atoms with Gasteiger partial charge in [-0.05, 0) is 43.9 Å². The number of piperidine rings is 1. The van der Waals surface area contributed by atoms with E-state index in [2.05, 4.69) is 24.1 Å². The van der Waals surface area contributed by atoms with E-state index in [4.69, 9.17) is 0 Å². The Hall–Kier alpha value is -1.42. The van der Waals surface area contributed by atoms with Crippen LogP contribution >= 0.6 is 0 Å². The number of hydrogen-bond acceptors (Lipinski definition) is 3. The molecule has 4 nitrogen and oxygen atoms in total. The van der Waals surface area contributed by atoms with Crippen LogP contribution in [-0.4, -0.2) is 41.5 Å². The molecule has 4 heteroatoms. The Morgan fingerprint density at radius 3 is 3.05 bits per heavy atom. The second kappa shape index (κ2) is 8.13. The Bertz CT molecular complexity index is 433. The molecule has 2 heterocycles. The van der Waals surface area contributed by atoms with Crippen molar-refractivity contribution in [2.75, 3.05) is 19.6 Å². The van der Waals surface area contributed by atoms with Crippen LogP contribution in [0.2, 0.25) is 0 Å². The third-order valence-corrected chi connectivity index (χ3v) is 4.01. The van der Waals surface area contributed by atoms with E-state index in [1.807, 2.05) is 23.1 Å². The number of aromatic nitrogens is 1. The molecule has 1 saturated heterocycles. The molecule has 0 saturated carbocycles. The lowest BCUT2D eigenvalue weighted by atomic mass is 9.97. The van der Waals surface area contributed by atoms with Gasteiger partial charge in [0.2, 0.25) is 5.91 Å². The molecule has 1 aromatic heterocycles. The fourth-order valence-corrected chi connectivity index (χ4v) is 2.80. The van der Waals surface area contributed by atoms with Crippen LogP contribution in [0, 0.1) is 5.92 Å². The van der Waals surface area contributed by atoms with Gasteiger partial charge in [-0.15, -0.1) is 0 Å². The van der Waals surface area contributed by atoms with Crippen LogP contribution in [0.15, 0.2) is 24.4 Å². The van der Waals surface area contributed by atoms with E-state index in [0.29, 0.717) is 18.4 Å². The zero-order chi connectivity index (χ0) is 15.1. The molecule has 0 aliphatic carbocycles. The lowest BCUT2D eigenvalue weighted by Crippen LogP contribution is -2.43. The standard InChI is InChI=1S/C17H27N3O/c1-14(2)19-12-15-6-5-11-20(13-15)17(21)9-8-16-7-3-4-10-18-16/h3-4,7,10,14-15,19H,5-6,8-9,11-13H2,1-2H3. The summed E-state index contributed by atoms with van der Waals surface area (Å²) in [7, 11) is 0. The van der Waals surface area contributed by atoms with Crippen LogP contribution in [0.3, 0.4) is 0 Å². The number of nitrogens with zero attached hydrogens (tertiary/aromatic N) is 2. The minimum Gasteiger partial charge on any atom is -0.342 e. The first-order valence-corrected chi connectivity index (χ1v) is 8.06. The molecular weight excluding hydrogens is 262 g/mol. The topological polar surface area (TPSA) is 45.2 Å². The average molecular weight is 289 g/mol. The number of nitrogens with one attached hydrogen (secondary N) is 1. The number of aryl methyl sites for hydroxylation is 1. The summed E-state index contributed by atoms with van der Waals surface area (Å²) in [5.74, 6) is 0.870. The molecule has 0 radical (unpaired) electrons. The van der Waals surface area contributed by atoms with Gasteiger partial charge in [0.15, 0.2) is 0 Å². The molecule has 1 aliphatic heterocycles. The van der Waals surface area contributed by atoms with Gasteiger partial charge in [-0.25, -0.2) is 0 Å². The lowest BCUT2D eigenvalue weighted by molar-refractivity contribution is -0.132. The van der Waals surface area contributed by atoms with Gasteiger partial charge in [0, 0.05) is 37.4 Å². The molecule has 0 aromatic carbocycles. The van der Waals surface area contributed by atoms with Crippen molar-refractivity contribution in [1.29, 1.82) is 0 Å². The van der Waals surface area contributed by atoms with Crippen LogP contribution in [0.4, 0.5) is 0 Å². The third-order valence-electron chi connectivity index (χ3n) is 4.01.